The molecule has 9 heteroatoms. The van der Waals surface area contributed by atoms with Gasteiger partial charge >= 0.3 is 0 Å². The summed E-state index contributed by atoms with van der Waals surface area (Å²) >= 11 is 0. The summed E-state index contributed by atoms with van der Waals surface area (Å²) in [6.45, 7) is 0.122. The summed E-state index contributed by atoms with van der Waals surface area (Å²) in [5, 5.41) is 8.58. The van der Waals surface area contributed by atoms with E-state index in [1.54, 1.807) is 24.3 Å². The van der Waals surface area contributed by atoms with E-state index in [4.69, 9.17) is 16.2 Å². The highest BCUT2D eigenvalue weighted by atomic mass is 16.5. The molecule has 0 aliphatic rings. The Labute approximate surface area is 119 Å². The molecule has 0 saturated heterocycles. The first kappa shape index (κ1) is 14.3. The minimum Gasteiger partial charge on any atom is -0.491 e. The standard InChI is InChI=1S/C12H14N6O3/c13-9(19)5-6-21-8-4-2-1-3-7(8)15-11(20)10-16-12(14)18-17-10/h1-4H,5-6H2,(H2,13,19)(H,15,20)(H3,14,16,17,18). The number of amides is 2. The molecule has 0 radical (unpaired) electrons. The zero-order valence-corrected chi connectivity index (χ0v) is 11.0. The predicted octanol–water partition coefficient (Wildman–Crippen LogP) is -0.107. The van der Waals surface area contributed by atoms with Gasteiger partial charge in [0, 0.05) is 0 Å². The van der Waals surface area contributed by atoms with Crippen LogP contribution in [0, 0.1) is 0 Å². The molecule has 0 fully saturated rings. The third kappa shape index (κ3) is 3.93. The van der Waals surface area contributed by atoms with Gasteiger partial charge in [0.25, 0.3) is 5.91 Å². The van der Waals surface area contributed by atoms with Gasteiger partial charge in [-0.15, -0.1) is 5.10 Å². The Hall–Kier alpha value is -3.10. The van der Waals surface area contributed by atoms with E-state index >= 15 is 0 Å². The van der Waals surface area contributed by atoms with Gasteiger partial charge in [0.05, 0.1) is 18.7 Å². The number of nitrogens with two attached hydrogens (primary N) is 2. The molecule has 21 heavy (non-hydrogen) atoms. The summed E-state index contributed by atoms with van der Waals surface area (Å²) in [6, 6.07) is 6.77. The van der Waals surface area contributed by atoms with Crippen molar-refractivity contribution in [2.45, 2.75) is 6.42 Å². The first-order valence-electron chi connectivity index (χ1n) is 6.05. The average Bonchev–Trinajstić information content (AvgIpc) is 2.87. The second-order valence-corrected chi connectivity index (χ2v) is 4.06. The Bertz CT molecular complexity index is 654. The number of nitrogens with one attached hydrogen (secondary N) is 2. The van der Waals surface area contributed by atoms with Gasteiger partial charge < -0.3 is 21.5 Å². The first-order chi connectivity index (χ1) is 10.1. The molecular formula is C12H14N6O3. The number of nitrogens with zero attached hydrogens (tertiary/aromatic N) is 2. The number of aromatic nitrogens is 3. The lowest BCUT2D eigenvalue weighted by atomic mass is 10.3. The summed E-state index contributed by atoms with van der Waals surface area (Å²) < 4.78 is 5.40. The fraction of sp³-hybridized carbons (Fsp3) is 0.167. The molecule has 0 aliphatic heterocycles. The van der Waals surface area contributed by atoms with Gasteiger partial charge in [0.15, 0.2) is 0 Å². The summed E-state index contributed by atoms with van der Waals surface area (Å²) in [5.74, 6) is -0.594. The van der Waals surface area contributed by atoms with Gasteiger partial charge in [-0.1, -0.05) is 12.1 Å². The number of rotatable bonds is 6. The van der Waals surface area contributed by atoms with E-state index in [-0.39, 0.29) is 24.8 Å². The molecule has 1 aromatic carbocycles. The van der Waals surface area contributed by atoms with Crippen LogP contribution in [0.25, 0.3) is 0 Å². The molecule has 0 atom stereocenters. The second-order valence-electron chi connectivity index (χ2n) is 4.06. The van der Waals surface area contributed by atoms with Gasteiger partial charge in [-0.25, -0.2) is 0 Å². The van der Waals surface area contributed by atoms with Crippen molar-refractivity contribution in [1.82, 2.24) is 15.2 Å². The fourth-order valence-electron chi connectivity index (χ4n) is 1.52. The largest absolute Gasteiger partial charge is 0.491 e. The monoisotopic (exact) mass is 290 g/mol. The van der Waals surface area contributed by atoms with Crippen LogP contribution in [0.5, 0.6) is 5.75 Å². The summed E-state index contributed by atoms with van der Waals surface area (Å²) in [7, 11) is 0. The van der Waals surface area contributed by atoms with E-state index in [1.807, 2.05) is 0 Å². The minimum absolute atomic E-state index is 0.0144. The number of nitrogen functional groups attached to an aromatic ring is 1. The smallest absolute Gasteiger partial charge is 0.293 e. The topological polar surface area (TPSA) is 149 Å². The molecule has 0 unspecified atom stereocenters. The Balaban J connectivity index is 2.05. The van der Waals surface area contributed by atoms with E-state index in [2.05, 4.69) is 20.5 Å². The Morgan fingerprint density at radius 2 is 2.10 bits per heavy atom. The number of carbonyl (C=O) groups is 2. The minimum atomic E-state index is -0.509. The van der Waals surface area contributed by atoms with Crippen molar-refractivity contribution >= 4 is 23.5 Å². The van der Waals surface area contributed by atoms with Gasteiger partial charge in [-0.3, -0.25) is 14.7 Å². The predicted molar refractivity (Wildman–Crippen MR) is 74.5 cm³/mol. The summed E-state index contributed by atoms with van der Waals surface area (Å²) in [5.41, 5.74) is 10.8. The maximum absolute atomic E-state index is 11.9. The van der Waals surface area contributed by atoms with E-state index in [1.165, 1.54) is 0 Å². The number of anilines is 2. The molecule has 2 aromatic rings. The van der Waals surface area contributed by atoms with E-state index < -0.39 is 11.8 Å². The maximum Gasteiger partial charge on any atom is 0.293 e. The van der Waals surface area contributed by atoms with Crippen molar-refractivity contribution in [3.8, 4) is 5.75 Å². The number of ether oxygens (including phenoxy) is 1. The van der Waals surface area contributed by atoms with Crippen LogP contribution in [0.4, 0.5) is 11.6 Å². The highest BCUT2D eigenvalue weighted by Gasteiger charge is 2.13. The van der Waals surface area contributed by atoms with Crippen LogP contribution in [0.2, 0.25) is 0 Å². The van der Waals surface area contributed by atoms with Crippen molar-refractivity contribution in [3.05, 3.63) is 30.1 Å². The highest BCUT2D eigenvalue weighted by molar-refractivity contribution is 6.02. The number of aromatic amines is 1. The Kier molecular flexibility index (Phi) is 4.34. The zero-order chi connectivity index (χ0) is 15.2. The number of hydrogen-bond donors (Lipinski definition) is 4. The van der Waals surface area contributed by atoms with E-state index in [0.29, 0.717) is 11.4 Å². The van der Waals surface area contributed by atoms with Crippen molar-refractivity contribution in [2.75, 3.05) is 17.7 Å². The number of para-hydroxylation sites is 2. The maximum atomic E-state index is 11.9. The molecule has 1 aromatic heterocycles. The number of hydrogen-bond acceptors (Lipinski definition) is 6. The molecule has 2 amide bonds. The molecule has 0 aliphatic carbocycles. The highest BCUT2D eigenvalue weighted by Crippen LogP contribution is 2.24. The number of H-pyrrole nitrogens is 1. The normalized spacial score (nSPS) is 10.1. The van der Waals surface area contributed by atoms with Gasteiger partial charge in [0.1, 0.15) is 5.75 Å². The van der Waals surface area contributed by atoms with Crippen LogP contribution < -0.4 is 21.5 Å². The van der Waals surface area contributed by atoms with Crippen molar-refractivity contribution < 1.29 is 14.3 Å². The number of carbonyl (C=O) groups excluding carboxylic acids is 2. The van der Waals surface area contributed by atoms with Gasteiger partial charge in [-0.05, 0) is 12.1 Å². The quantitative estimate of drug-likeness (QED) is 0.583. The van der Waals surface area contributed by atoms with Crippen LogP contribution in [-0.2, 0) is 4.79 Å². The SMILES string of the molecule is NC(=O)CCOc1ccccc1NC(=O)c1nc(N)n[nH]1. The molecule has 9 nitrogen and oxygen atoms in total. The van der Waals surface area contributed by atoms with E-state index in [0.717, 1.165) is 0 Å². The molecule has 6 N–H and O–H groups in total. The number of benzene rings is 1. The summed E-state index contributed by atoms with van der Waals surface area (Å²) in [6.07, 6.45) is 0.0842. The van der Waals surface area contributed by atoms with Crippen LogP contribution in [-0.4, -0.2) is 33.6 Å². The molecule has 0 spiro atoms. The average molecular weight is 290 g/mol. The first-order valence-corrected chi connectivity index (χ1v) is 6.05. The lowest BCUT2D eigenvalue weighted by Gasteiger charge is -2.11. The summed E-state index contributed by atoms with van der Waals surface area (Å²) in [4.78, 5) is 26.3. The van der Waals surface area contributed by atoms with Gasteiger partial charge in [-0.2, -0.15) is 4.98 Å². The van der Waals surface area contributed by atoms with Crippen LogP contribution in [0.3, 0.4) is 0 Å². The lowest BCUT2D eigenvalue weighted by molar-refractivity contribution is -0.118. The number of primary amides is 1. The Morgan fingerprint density at radius 3 is 2.76 bits per heavy atom. The van der Waals surface area contributed by atoms with Crippen molar-refractivity contribution in [2.24, 2.45) is 5.73 Å². The zero-order valence-electron chi connectivity index (χ0n) is 11.0. The second kappa shape index (κ2) is 6.37. The molecule has 110 valence electrons. The third-order valence-corrected chi connectivity index (χ3v) is 2.46. The lowest BCUT2D eigenvalue weighted by Crippen LogP contribution is -2.17. The van der Waals surface area contributed by atoms with Crippen LogP contribution >= 0.6 is 0 Å². The fourth-order valence-corrected chi connectivity index (χ4v) is 1.52. The van der Waals surface area contributed by atoms with E-state index in [9.17, 15) is 9.59 Å². The molecular weight excluding hydrogens is 276 g/mol. The molecule has 0 saturated carbocycles. The van der Waals surface area contributed by atoms with Gasteiger partial charge in [0.2, 0.25) is 17.7 Å². The molecule has 0 bridgehead atoms. The molecule has 2 rings (SSSR count). The molecule has 1 heterocycles. The van der Waals surface area contributed by atoms with Crippen molar-refractivity contribution in [3.63, 3.8) is 0 Å². The Morgan fingerprint density at radius 1 is 1.33 bits per heavy atom. The third-order valence-electron chi connectivity index (χ3n) is 2.46. The van der Waals surface area contributed by atoms with Crippen LogP contribution in [0.1, 0.15) is 17.0 Å². The van der Waals surface area contributed by atoms with Crippen molar-refractivity contribution in [1.29, 1.82) is 0 Å². The van der Waals surface area contributed by atoms with Crippen LogP contribution in [0.15, 0.2) is 24.3 Å².